The Labute approximate surface area is 169 Å². The number of rotatable bonds is 8. The maximum atomic E-state index is 5.86. The smallest absolute Gasteiger partial charge is 0.119 e. The van der Waals surface area contributed by atoms with Gasteiger partial charge in [-0.2, -0.15) is 0 Å². The lowest BCUT2D eigenvalue weighted by molar-refractivity contribution is 0.217. The average molecular weight is 375 g/mol. The van der Waals surface area contributed by atoms with Crippen molar-refractivity contribution in [2.45, 2.75) is 52.7 Å². The Bertz CT molecular complexity index is 774. The molecule has 0 bridgehead atoms. The second-order valence-corrected chi connectivity index (χ2v) is 7.30. The van der Waals surface area contributed by atoms with Crippen molar-refractivity contribution in [3.05, 3.63) is 72.8 Å². The Morgan fingerprint density at radius 3 is 1.00 bits per heavy atom. The molecular formula is C26H30O2. The zero-order valence-electron chi connectivity index (χ0n) is 17.3. The molecule has 2 nitrogen and oxygen atoms in total. The molecule has 28 heavy (non-hydrogen) atoms. The van der Waals surface area contributed by atoms with Gasteiger partial charge < -0.3 is 9.47 Å². The minimum atomic E-state index is 0.243. The summed E-state index contributed by atoms with van der Waals surface area (Å²) in [7, 11) is 0. The summed E-state index contributed by atoms with van der Waals surface area (Å²) in [4.78, 5) is 0. The lowest BCUT2D eigenvalue weighted by Crippen LogP contribution is -2.09. The first-order chi connectivity index (χ1) is 13.6. The predicted molar refractivity (Wildman–Crippen MR) is 118 cm³/mol. The van der Waals surface area contributed by atoms with E-state index in [9.17, 15) is 0 Å². The van der Waals surface area contributed by atoms with Gasteiger partial charge in [-0.1, -0.05) is 62.4 Å². The summed E-state index contributed by atoms with van der Waals surface area (Å²) in [6.45, 7) is 8.45. The highest BCUT2D eigenvalue weighted by atomic mass is 16.5. The minimum Gasteiger partial charge on any atom is -0.491 e. The molecule has 0 fully saturated rings. The Morgan fingerprint density at radius 1 is 0.500 bits per heavy atom. The van der Waals surface area contributed by atoms with Crippen molar-refractivity contribution in [1.29, 1.82) is 0 Å². The molecule has 3 rings (SSSR count). The van der Waals surface area contributed by atoms with Crippen molar-refractivity contribution in [3.8, 4) is 33.8 Å². The molecule has 0 heterocycles. The fourth-order valence-electron chi connectivity index (χ4n) is 2.94. The number of hydrogen-bond acceptors (Lipinski definition) is 2. The van der Waals surface area contributed by atoms with Gasteiger partial charge in [-0.05, 0) is 73.2 Å². The van der Waals surface area contributed by atoms with Gasteiger partial charge in [0.15, 0.2) is 0 Å². The molecule has 0 saturated carbocycles. The predicted octanol–water partition coefficient (Wildman–Crippen LogP) is 7.38. The second kappa shape index (κ2) is 9.45. The summed E-state index contributed by atoms with van der Waals surface area (Å²) >= 11 is 0. The van der Waals surface area contributed by atoms with Gasteiger partial charge in [0.2, 0.25) is 0 Å². The van der Waals surface area contributed by atoms with Crippen LogP contribution in [0.2, 0.25) is 0 Å². The number of ether oxygens (including phenoxy) is 2. The molecule has 3 aromatic rings. The summed E-state index contributed by atoms with van der Waals surface area (Å²) in [5, 5.41) is 0. The summed E-state index contributed by atoms with van der Waals surface area (Å²) in [5.41, 5.74) is 4.80. The number of benzene rings is 3. The van der Waals surface area contributed by atoms with Crippen molar-refractivity contribution >= 4 is 0 Å². The van der Waals surface area contributed by atoms with Gasteiger partial charge in [0.25, 0.3) is 0 Å². The lowest BCUT2D eigenvalue weighted by atomic mass is 10.0. The standard InChI is InChI=1S/C26H30O2/c1-5-19(3)27-25-15-11-23(12-16-25)21-7-9-22(10-8-21)24-13-17-26(18-14-24)28-20(4)6-2/h7-20H,5-6H2,1-4H3/t19-,20+. The Hall–Kier alpha value is -2.74. The molecule has 0 N–H and O–H groups in total. The monoisotopic (exact) mass is 374 g/mol. The van der Waals surface area contributed by atoms with E-state index in [1.54, 1.807) is 0 Å². The SMILES string of the molecule is CC[C@@H](C)Oc1ccc(-c2ccc(-c3ccc(O[C@@H](C)CC)cc3)cc2)cc1. The van der Waals surface area contributed by atoms with Gasteiger partial charge in [0.1, 0.15) is 11.5 Å². The van der Waals surface area contributed by atoms with E-state index in [2.05, 4.69) is 76.2 Å². The molecule has 0 aliphatic heterocycles. The molecule has 2 atom stereocenters. The Balaban J connectivity index is 1.69. The van der Waals surface area contributed by atoms with Gasteiger partial charge in [-0.3, -0.25) is 0 Å². The van der Waals surface area contributed by atoms with Crippen molar-refractivity contribution in [2.24, 2.45) is 0 Å². The summed E-state index contributed by atoms with van der Waals surface area (Å²) < 4.78 is 11.7. The summed E-state index contributed by atoms with van der Waals surface area (Å²) in [6.07, 6.45) is 2.50. The quantitative estimate of drug-likeness (QED) is 0.409. The average Bonchev–Trinajstić information content (AvgIpc) is 2.75. The molecule has 3 aromatic carbocycles. The van der Waals surface area contributed by atoms with Crippen molar-refractivity contribution in [3.63, 3.8) is 0 Å². The van der Waals surface area contributed by atoms with Crippen LogP contribution in [-0.4, -0.2) is 12.2 Å². The normalized spacial score (nSPS) is 13.0. The zero-order valence-corrected chi connectivity index (χ0v) is 17.3. The van der Waals surface area contributed by atoms with Crippen LogP contribution in [-0.2, 0) is 0 Å². The van der Waals surface area contributed by atoms with Gasteiger partial charge in [0, 0.05) is 0 Å². The third kappa shape index (κ3) is 5.16. The van der Waals surface area contributed by atoms with E-state index in [0.29, 0.717) is 0 Å². The van der Waals surface area contributed by atoms with E-state index in [4.69, 9.17) is 9.47 Å². The molecule has 0 aromatic heterocycles. The van der Waals surface area contributed by atoms with E-state index < -0.39 is 0 Å². The third-order valence-corrected chi connectivity index (χ3v) is 5.08. The molecule has 0 saturated heterocycles. The molecule has 0 unspecified atom stereocenters. The van der Waals surface area contributed by atoms with Crippen LogP contribution in [0.25, 0.3) is 22.3 Å². The first kappa shape index (κ1) is 20.0. The summed E-state index contributed by atoms with van der Waals surface area (Å²) in [5.74, 6) is 1.85. The Morgan fingerprint density at radius 2 is 0.750 bits per heavy atom. The largest absolute Gasteiger partial charge is 0.491 e. The maximum Gasteiger partial charge on any atom is 0.119 e. The molecule has 0 aliphatic carbocycles. The lowest BCUT2D eigenvalue weighted by Gasteiger charge is -2.13. The molecule has 0 amide bonds. The van der Waals surface area contributed by atoms with Gasteiger partial charge >= 0.3 is 0 Å². The molecule has 0 spiro atoms. The first-order valence-corrected chi connectivity index (χ1v) is 10.2. The molecular weight excluding hydrogens is 344 g/mol. The van der Waals surface area contributed by atoms with Crippen molar-refractivity contribution < 1.29 is 9.47 Å². The molecule has 0 aliphatic rings. The Kier molecular flexibility index (Phi) is 6.76. The maximum absolute atomic E-state index is 5.86. The van der Waals surface area contributed by atoms with Crippen LogP contribution in [0.1, 0.15) is 40.5 Å². The fraction of sp³-hybridized carbons (Fsp3) is 0.308. The second-order valence-electron chi connectivity index (χ2n) is 7.30. The van der Waals surface area contributed by atoms with Crippen molar-refractivity contribution in [1.82, 2.24) is 0 Å². The van der Waals surface area contributed by atoms with Gasteiger partial charge in [0.05, 0.1) is 12.2 Å². The van der Waals surface area contributed by atoms with Crippen LogP contribution in [0, 0.1) is 0 Å². The topological polar surface area (TPSA) is 18.5 Å². The van der Waals surface area contributed by atoms with E-state index in [-0.39, 0.29) is 12.2 Å². The summed E-state index contributed by atoms with van der Waals surface area (Å²) in [6, 6.07) is 25.3. The van der Waals surface area contributed by atoms with Crippen LogP contribution in [0.4, 0.5) is 0 Å². The van der Waals surface area contributed by atoms with Crippen molar-refractivity contribution in [2.75, 3.05) is 0 Å². The van der Waals surface area contributed by atoms with Gasteiger partial charge in [-0.15, -0.1) is 0 Å². The van der Waals surface area contributed by atoms with Gasteiger partial charge in [-0.25, -0.2) is 0 Å². The number of hydrogen-bond donors (Lipinski definition) is 0. The van der Waals surface area contributed by atoms with E-state index >= 15 is 0 Å². The first-order valence-electron chi connectivity index (χ1n) is 10.2. The highest BCUT2D eigenvalue weighted by molar-refractivity contribution is 5.71. The highest BCUT2D eigenvalue weighted by Crippen LogP contribution is 2.28. The van der Waals surface area contributed by atoms with Crippen LogP contribution >= 0.6 is 0 Å². The van der Waals surface area contributed by atoms with Crippen LogP contribution in [0.15, 0.2) is 72.8 Å². The third-order valence-electron chi connectivity index (χ3n) is 5.08. The van der Waals surface area contributed by atoms with Crippen LogP contribution < -0.4 is 9.47 Å². The zero-order chi connectivity index (χ0) is 19.9. The highest BCUT2D eigenvalue weighted by Gasteiger charge is 2.05. The minimum absolute atomic E-state index is 0.243. The van der Waals surface area contributed by atoms with E-state index in [1.165, 1.54) is 22.3 Å². The van der Waals surface area contributed by atoms with Crippen LogP contribution in [0.3, 0.4) is 0 Å². The fourth-order valence-corrected chi connectivity index (χ4v) is 2.94. The van der Waals surface area contributed by atoms with E-state index in [1.807, 2.05) is 24.3 Å². The van der Waals surface area contributed by atoms with E-state index in [0.717, 1.165) is 24.3 Å². The van der Waals surface area contributed by atoms with Crippen LogP contribution in [0.5, 0.6) is 11.5 Å². The molecule has 0 radical (unpaired) electrons. The molecule has 146 valence electrons. The molecule has 2 heteroatoms.